The smallest absolute Gasteiger partial charge is 0.0606 e. The zero-order valence-corrected chi connectivity index (χ0v) is 10.3. The normalized spacial score (nSPS) is 22.1. The zero-order chi connectivity index (χ0) is 11.5. The van der Waals surface area contributed by atoms with Crippen LogP contribution in [0, 0.1) is 19.8 Å². The molecule has 2 atom stereocenters. The van der Waals surface area contributed by atoms with Gasteiger partial charge >= 0.3 is 0 Å². The number of ether oxygens (including phenoxy) is 1. The van der Waals surface area contributed by atoms with E-state index in [1.165, 1.54) is 0 Å². The van der Waals surface area contributed by atoms with Crippen molar-refractivity contribution in [3.63, 3.8) is 0 Å². The minimum absolute atomic E-state index is 0.450. The molecule has 16 heavy (non-hydrogen) atoms. The van der Waals surface area contributed by atoms with Crippen molar-refractivity contribution in [1.82, 2.24) is 4.98 Å². The van der Waals surface area contributed by atoms with E-state index in [0.29, 0.717) is 12.0 Å². The van der Waals surface area contributed by atoms with Crippen LogP contribution in [0.4, 0.5) is 5.69 Å². The highest BCUT2D eigenvalue weighted by Gasteiger charge is 2.22. The predicted molar refractivity (Wildman–Crippen MR) is 65.7 cm³/mol. The first-order valence-electron chi connectivity index (χ1n) is 5.95. The second-order valence-electron chi connectivity index (χ2n) is 4.64. The summed E-state index contributed by atoms with van der Waals surface area (Å²) in [6.45, 7) is 8.07. The molecule has 3 nitrogen and oxygen atoms in total. The van der Waals surface area contributed by atoms with Gasteiger partial charge in [-0.3, -0.25) is 4.98 Å². The summed E-state index contributed by atoms with van der Waals surface area (Å²) in [7, 11) is 0. The van der Waals surface area contributed by atoms with E-state index >= 15 is 0 Å². The van der Waals surface area contributed by atoms with E-state index in [4.69, 9.17) is 4.74 Å². The first-order valence-corrected chi connectivity index (χ1v) is 5.95. The number of hydrogen-bond donors (Lipinski definition) is 1. The van der Waals surface area contributed by atoms with Crippen molar-refractivity contribution in [2.75, 3.05) is 18.5 Å². The minimum atomic E-state index is 0.450. The topological polar surface area (TPSA) is 34.1 Å². The summed E-state index contributed by atoms with van der Waals surface area (Å²) in [6, 6.07) is 4.61. The molecule has 0 aromatic carbocycles. The number of anilines is 1. The Balaban J connectivity index is 2.02. The van der Waals surface area contributed by atoms with Crippen LogP contribution >= 0.6 is 0 Å². The van der Waals surface area contributed by atoms with Crippen molar-refractivity contribution < 1.29 is 4.74 Å². The Morgan fingerprint density at radius 3 is 2.88 bits per heavy atom. The van der Waals surface area contributed by atoms with Crippen molar-refractivity contribution in [1.29, 1.82) is 0 Å². The van der Waals surface area contributed by atoms with Gasteiger partial charge < -0.3 is 10.1 Å². The third-order valence-corrected chi connectivity index (χ3v) is 3.28. The third kappa shape index (κ3) is 2.53. The van der Waals surface area contributed by atoms with E-state index in [1.54, 1.807) is 0 Å². The van der Waals surface area contributed by atoms with E-state index < -0.39 is 0 Å². The molecule has 1 saturated heterocycles. The molecule has 1 aromatic rings. The van der Waals surface area contributed by atoms with Gasteiger partial charge in [0.15, 0.2) is 0 Å². The molecule has 0 spiro atoms. The molecular formula is C13H20N2O. The van der Waals surface area contributed by atoms with Crippen molar-refractivity contribution in [2.24, 2.45) is 5.92 Å². The van der Waals surface area contributed by atoms with E-state index in [2.05, 4.69) is 23.3 Å². The standard InChI is InChI=1S/C13H20N2O/c1-9-4-5-13(11(3)14-9)15-10(2)12-6-7-16-8-12/h4-5,10,12,15H,6-8H2,1-3H3. The molecule has 2 rings (SSSR count). The lowest BCUT2D eigenvalue weighted by atomic mass is 10.0. The molecule has 1 aliphatic rings. The molecule has 0 radical (unpaired) electrons. The van der Waals surface area contributed by atoms with Gasteiger partial charge in [-0.05, 0) is 39.3 Å². The van der Waals surface area contributed by atoms with Gasteiger partial charge in [0.2, 0.25) is 0 Å². The Labute approximate surface area is 97.2 Å². The van der Waals surface area contributed by atoms with E-state index in [9.17, 15) is 0 Å². The molecule has 1 aromatic heterocycles. The fourth-order valence-corrected chi connectivity index (χ4v) is 2.15. The van der Waals surface area contributed by atoms with Crippen LogP contribution in [0.2, 0.25) is 0 Å². The molecule has 0 saturated carbocycles. The molecule has 1 N–H and O–H groups in total. The van der Waals surface area contributed by atoms with Crippen molar-refractivity contribution in [3.05, 3.63) is 23.5 Å². The highest BCUT2D eigenvalue weighted by molar-refractivity contribution is 5.48. The van der Waals surface area contributed by atoms with Crippen LogP contribution in [-0.2, 0) is 4.74 Å². The van der Waals surface area contributed by atoms with E-state index in [-0.39, 0.29) is 0 Å². The molecule has 2 heterocycles. The summed E-state index contributed by atoms with van der Waals surface area (Å²) in [5, 5.41) is 3.54. The van der Waals surface area contributed by atoms with E-state index in [1.807, 2.05) is 19.9 Å². The average molecular weight is 220 g/mol. The summed E-state index contributed by atoms with van der Waals surface area (Å²) >= 11 is 0. The van der Waals surface area contributed by atoms with Crippen LogP contribution in [0.25, 0.3) is 0 Å². The maximum atomic E-state index is 5.41. The fourth-order valence-electron chi connectivity index (χ4n) is 2.15. The van der Waals surface area contributed by atoms with Crippen LogP contribution in [0.5, 0.6) is 0 Å². The number of aromatic nitrogens is 1. The second-order valence-corrected chi connectivity index (χ2v) is 4.64. The SMILES string of the molecule is Cc1ccc(NC(C)C2CCOC2)c(C)n1. The molecular weight excluding hydrogens is 200 g/mol. The Morgan fingerprint density at radius 2 is 2.25 bits per heavy atom. The third-order valence-electron chi connectivity index (χ3n) is 3.28. The fraction of sp³-hybridized carbons (Fsp3) is 0.615. The number of rotatable bonds is 3. The molecule has 0 bridgehead atoms. The van der Waals surface area contributed by atoms with Gasteiger partial charge in [-0.1, -0.05) is 0 Å². The van der Waals surface area contributed by atoms with Crippen LogP contribution in [0.3, 0.4) is 0 Å². The Kier molecular flexibility index (Phi) is 3.44. The van der Waals surface area contributed by atoms with Crippen molar-refractivity contribution in [2.45, 2.75) is 33.2 Å². The van der Waals surface area contributed by atoms with Crippen LogP contribution in [-0.4, -0.2) is 24.2 Å². The number of pyridine rings is 1. The van der Waals surface area contributed by atoms with Gasteiger partial charge in [-0.2, -0.15) is 0 Å². The summed E-state index contributed by atoms with van der Waals surface area (Å²) in [5.74, 6) is 0.626. The van der Waals surface area contributed by atoms with Gasteiger partial charge in [0.1, 0.15) is 0 Å². The van der Waals surface area contributed by atoms with Crippen molar-refractivity contribution >= 4 is 5.69 Å². The van der Waals surface area contributed by atoms with Gasteiger partial charge in [0, 0.05) is 24.3 Å². The van der Waals surface area contributed by atoms with E-state index in [0.717, 1.165) is 36.7 Å². The predicted octanol–water partition coefficient (Wildman–Crippen LogP) is 2.54. The maximum absolute atomic E-state index is 5.41. The zero-order valence-electron chi connectivity index (χ0n) is 10.3. The lowest BCUT2D eigenvalue weighted by Gasteiger charge is -2.21. The number of nitrogens with one attached hydrogen (secondary N) is 1. The highest BCUT2D eigenvalue weighted by atomic mass is 16.5. The monoisotopic (exact) mass is 220 g/mol. The molecule has 1 fully saturated rings. The first-order chi connectivity index (χ1) is 7.66. The van der Waals surface area contributed by atoms with Crippen LogP contribution in [0.15, 0.2) is 12.1 Å². The quantitative estimate of drug-likeness (QED) is 0.850. The first kappa shape index (κ1) is 11.4. The lowest BCUT2D eigenvalue weighted by molar-refractivity contribution is 0.183. The van der Waals surface area contributed by atoms with Gasteiger partial charge in [0.05, 0.1) is 18.0 Å². The average Bonchev–Trinajstić information content (AvgIpc) is 2.75. The molecule has 0 amide bonds. The van der Waals surface area contributed by atoms with Gasteiger partial charge in [-0.15, -0.1) is 0 Å². The second kappa shape index (κ2) is 4.83. The summed E-state index contributed by atoms with van der Waals surface area (Å²) in [4.78, 5) is 4.46. The number of hydrogen-bond acceptors (Lipinski definition) is 3. The minimum Gasteiger partial charge on any atom is -0.381 e. The van der Waals surface area contributed by atoms with Crippen molar-refractivity contribution in [3.8, 4) is 0 Å². The Morgan fingerprint density at radius 1 is 1.44 bits per heavy atom. The number of aryl methyl sites for hydroxylation is 2. The Hall–Kier alpha value is -1.09. The largest absolute Gasteiger partial charge is 0.381 e. The summed E-state index contributed by atoms with van der Waals surface area (Å²) < 4.78 is 5.41. The number of nitrogens with zero attached hydrogens (tertiary/aromatic N) is 1. The summed E-state index contributed by atoms with van der Waals surface area (Å²) in [5.41, 5.74) is 3.29. The van der Waals surface area contributed by atoms with Gasteiger partial charge in [-0.25, -0.2) is 0 Å². The lowest BCUT2D eigenvalue weighted by Crippen LogP contribution is -2.26. The summed E-state index contributed by atoms with van der Waals surface area (Å²) in [6.07, 6.45) is 1.16. The highest BCUT2D eigenvalue weighted by Crippen LogP contribution is 2.21. The molecule has 2 unspecified atom stereocenters. The van der Waals surface area contributed by atoms with Gasteiger partial charge in [0.25, 0.3) is 0 Å². The maximum Gasteiger partial charge on any atom is 0.0606 e. The molecule has 88 valence electrons. The molecule has 1 aliphatic heterocycles. The Bertz CT molecular complexity index is 359. The van der Waals surface area contributed by atoms with Crippen LogP contribution < -0.4 is 5.32 Å². The molecule has 3 heteroatoms. The van der Waals surface area contributed by atoms with Crippen LogP contribution in [0.1, 0.15) is 24.7 Å². The molecule has 0 aliphatic carbocycles.